The summed E-state index contributed by atoms with van der Waals surface area (Å²) in [7, 11) is 0. The summed E-state index contributed by atoms with van der Waals surface area (Å²) in [4.78, 5) is 23.6. The highest BCUT2D eigenvalue weighted by Crippen LogP contribution is 2.16. The molecule has 27 heavy (non-hydrogen) atoms. The lowest BCUT2D eigenvalue weighted by Gasteiger charge is -2.07. The van der Waals surface area contributed by atoms with E-state index < -0.39 is 23.4 Å². The lowest BCUT2D eigenvalue weighted by molar-refractivity contribution is -0.123. The minimum absolute atomic E-state index is 0.138. The molecule has 0 aliphatic carbocycles. The van der Waals surface area contributed by atoms with Gasteiger partial charge in [-0.25, -0.2) is 14.2 Å². The average molecular weight is 440 g/mol. The summed E-state index contributed by atoms with van der Waals surface area (Å²) >= 11 is 3.29. The van der Waals surface area contributed by atoms with Crippen molar-refractivity contribution in [1.82, 2.24) is 5.43 Å². The summed E-state index contributed by atoms with van der Waals surface area (Å²) in [5.41, 5.74) is 2.42. The van der Waals surface area contributed by atoms with Gasteiger partial charge in [-0.2, -0.15) is 5.10 Å². The Hall–Kier alpha value is -2.81. The van der Waals surface area contributed by atoms with E-state index in [9.17, 15) is 18.4 Å². The fourth-order valence-corrected chi connectivity index (χ4v) is 2.19. The van der Waals surface area contributed by atoms with Crippen LogP contribution in [0.5, 0.6) is 5.75 Å². The van der Waals surface area contributed by atoms with E-state index in [2.05, 4.69) is 31.8 Å². The number of benzene rings is 2. The van der Waals surface area contributed by atoms with E-state index in [4.69, 9.17) is 4.74 Å². The number of hydrogen-bond acceptors (Lipinski definition) is 4. The predicted molar refractivity (Wildman–Crippen MR) is 100 cm³/mol. The molecule has 0 spiro atoms. The average Bonchev–Trinajstić information content (AvgIpc) is 2.62. The van der Waals surface area contributed by atoms with E-state index in [1.54, 1.807) is 24.3 Å². The Morgan fingerprint density at radius 3 is 2.48 bits per heavy atom. The first-order chi connectivity index (χ1) is 12.8. The van der Waals surface area contributed by atoms with Crippen molar-refractivity contribution in [3.8, 4) is 5.75 Å². The normalized spacial score (nSPS) is 11.0. The van der Waals surface area contributed by atoms with Crippen molar-refractivity contribution in [3.63, 3.8) is 0 Å². The van der Waals surface area contributed by atoms with Crippen molar-refractivity contribution < 1.29 is 23.1 Å². The van der Waals surface area contributed by atoms with Crippen LogP contribution in [-0.2, 0) is 9.59 Å². The van der Waals surface area contributed by atoms with Crippen LogP contribution in [0.15, 0.2) is 52.0 Å². The Kier molecular flexibility index (Phi) is 7.42. The number of hydrazone groups is 1. The molecule has 0 atom stereocenters. The van der Waals surface area contributed by atoms with E-state index >= 15 is 0 Å². The highest BCUT2D eigenvalue weighted by Gasteiger charge is 2.10. The Morgan fingerprint density at radius 2 is 1.81 bits per heavy atom. The van der Waals surface area contributed by atoms with Crippen molar-refractivity contribution in [2.24, 2.45) is 5.10 Å². The number of carbonyl (C=O) groups is 2. The second-order valence-electron chi connectivity index (χ2n) is 5.47. The zero-order valence-electron chi connectivity index (χ0n) is 14.3. The molecule has 0 aliphatic rings. The predicted octanol–water partition coefficient (Wildman–Crippen LogP) is 3.63. The van der Waals surface area contributed by atoms with Crippen LogP contribution in [-0.4, -0.2) is 24.1 Å². The molecule has 2 N–H and O–H groups in total. The number of hydrogen-bond donors (Lipinski definition) is 2. The zero-order chi connectivity index (χ0) is 19.8. The molecule has 2 rings (SSSR count). The van der Waals surface area contributed by atoms with Gasteiger partial charge in [-0.05, 0) is 43.3 Å². The van der Waals surface area contributed by atoms with Crippen LogP contribution < -0.4 is 15.5 Å². The largest absolute Gasteiger partial charge is 0.484 e. The molecule has 2 amide bonds. The second-order valence-corrected chi connectivity index (χ2v) is 6.39. The molecule has 9 heteroatoms. The lowest BCUT2D eigenvalue weighted by atomic mass is 10.2. The molecule has 142 valence electrons. The molecular formula is C18H16BrF2N3O3. The summed E-state index contributed by atoms with van der Waals surface area (Å²) in [5.74, 6) is -2.15. The van der Waals surface area contributed by atoms with Crippen LogP contribution in [0.1, 0.15) is 13.3 Å². The van der Waals surface area contributed by atoms with Crippen LogP contribution in [0.4, 0.5) is 14.5 Å². The first kappa shape index (κ1) is 20.5. The van der Waals surface area contributed by atoms with E-state index in [1.807, 2.05) is 0 Å². The van der Waals surface area contributed by atoms with Crippen molar-refractivity contribution >= 4 is 39.1 Å². The third-order valence-electron chi connectivity index (χ3n) is 3.18. The standard InChI is InChI=1S/C18H16BrF2N3O3/c1-11(8-17(25)22-16-7-4-13(20)9-15(16)21)23-24-18(26)10-27-14-5-2-12(19)3-6-14/h2-7,9H,8,10H2,1H3,(H,22,25)(H,24,26)/b23-11-. The van der Waals surface area contributed by atoms with Gasteiger partial charge in [-0.3, -0.25) is 9.59 Å². The molecule has 0 radical (unpaired) electrons. The molecule has 2 aromatic carbocycles. The second kappa shape index (κ2) is 9.77. The maximum absolute atomic E-state index is 13.5. The van der Waals surface area contributed by atoms with E-state index in [1.165, 1.54) is 6.92 Å². The number of nitrogens with zero attached hydrogens (tertiary/aromatic N) is 1. The molecule has 6 nitrogen and oxygen atoms in total. The third-order valence-corrected chi connectivity index (χ3v) is 3.71. The summed E-state index contributed by atoms with van der Waals surface area (Å²) in [6.07, 6.45) is -0.176. The number of rotatable bonds is 7. The highest BCUT2D eigenvalue weighted by molar-refractivity contribution is 9.10. The smallest absolute Gasteiger partial charge is 0.277 e. The molecule has 0 bridgehead atoms. The number of ether oxygens (including phenoxy) is 1. The van der Waals surface area contributed by atoms with E-state index in [0.29, 0.717) is 17.5 Å². The van der Waals surface area contributed by atoms with Gasteiger partial charge in [0.15, 0.2) is 6.61 Å². The molecule has 0 aliphatic heterocycles. The Bertz CT molecular complexity index is 857. The zero-order valence-corrected chi connectivity index (χ0v) is 15.8. The minimum atomic E-state index is -0.878. The van der Waals surface area contributed by atoms with Crippen molar-refractivity contribution in [2.45, 2.75) is 13.3 Å². The monoisotopic (exact) mass is 439 g/mol. The van der Waals surface area contributed by atoms with Crippen LogP contribution in [0.2, 0.25) is 0 Å². The van der Waals surface area contributed by atoms with Gasteiger partial charge < -0.3 is 10.1 Å². The topological polar surface area (TPSA) is 79.8 Å². The van der Waals surface area contributed by atoms with Crippen molar-refractivity contribution in [3.05, 3.63) is 58.6 Å². The van der Waals surface area contributed by atoms with Crippen LogP contribution in [0, 0.1) is 11.6 Å². The third kappa shape index (κ3) is 7.14. The van der Waals surface area contributed by atoms with Crippen LogP contribution >= 0.6 is 15.9 Å². The SMILES string of the molecule is C/C(CC(=O)Nc1ccc(F)cc1F)=N/NC(=O)COc1ccc(Br)cc1. The lowest BCUT2D eigenvalue weighted by Crippen LogP contribution is -2.26. The van der Waals surface area contributed by atoms with Crippen LogP contribution in [0.25, 0.3) is 0 Å². The molecule has 0 unspecified atom stereocenters. The van der Waals surface area contributed by atoms with Crippen LogP contribution in [0.3, 0.4) is 0 Å². The summed E-state index contributed by atoms with van der Waals surface area (Å²) < 4.78 is 32.5. The van der Waals surface area contributed by atoms with Gasteiger partial charge >= 0.3 is 0 Å². The van der Waals surface area contributed by atoms with E-state index in [-0.39, 0.29) is 18.7 Å². The maximum atomic E-state index is 13.5. The number of carbonyl (C=O) groups excluding carboxylic acids is 2. The van der Waals surface area contributed by atoms with Gasteiger partial charge in [0.25, 0.3) is 5.91 Å². The number of anilines is 1. The number of amides is 2. The number of halogens is 3. The first-order valence-corrected chi connectivity index (χ1v) is 8.58. The summed E-state index contributed by atoms with van der Waals surface area (Å²) in [6, 6.07) is 9.77. The molecule has 0 aromatic heterocycles. The van der Waals surface area contributed by atoms with Gasteiger partial charge in [0, 0.05) is 16.3 Å². The Balaban J connectivity index is 1.77. The first-order valence-electron chi connectivity index (χ1n) is 7.79. The van der Waals surface area contributed by atoms with Gasteiger partial charge in [0.1, 0.15) is 17.4 Å². The van der Waals surface area contributed by atoms with Gasteiger partial charge in [-0.1, -0.05) is 15.9 Å². The molecule has 2 aromatic rings. The van der Waals surface area contributed by atoms with Crippen molar-refractivity contribution in [2.75, 3.05) is 11.9 Å². The molecule has 0 saturated carbocycles. The quantitative estimate of drug-likeness (QED) is 0.510. The molecule has 0 fully saturated rings. The van der Waals surface area contributed by atoms with Gasteiger partial charge in [0.2, 0.25) is 5.91 Å². The molecule has 0 saturated heterocycles. The maximum Gasteiger partial charge on any atom is 0.277 e. The molecular weight excluding hydrogens is 424 g/mol. The number of nitrogens with one attached hydrogen (secondary N) is 2. The minimum Gasteiger partial charge on any atom is -0.484 e. The van der Waals surface area contributed by atoms with Crippen molar-refractivity contribution in [1.29, 1.82) is 0 Å². The summed E-state index contributed by atoms with van der Waals surface area (Å²) in [5, 5.41) is 6.09. The summed E-state index contributed by atoms with van der Waals surface area (Å²) in [6.45, 7) is 1.28. The fourth-order valence-electron chi connectivity index (χ4n) is 1.93. The molecule has 0 heterocycles. The highest BCUT2D eigenvalue weighted by atomic mass is 79.9. The van der Waals surface area contributed by atoms with Gasteiger partial charge in [-0.15, -0.1) is 0 Å². The van der Waals surface area contributed by atoms with Gasteiger partial charge in [0.05, 0.1) is 12.1 Å². The van der Waals surface area contributed by atoms with E-state index in [0.717, 1.165) is 16.6 Å². The fraction of sp³-hybridized carbons (Fsp3) is 0.167. The Morgan fingerprint density at radius 1 is 1.11 bits per heavy atom. The Labute approximate surface area is 162 Å².